The summed E-state index contributed by atoms with van der Waals surface area (Å²) in [5.74, 6) is 4.95. The molecule has 0 N–H and O–H groups in total. The number of benzene rings is 3. The Kier molecular flexibility index (Phi) is 9.47. The fourth-order valence-corrected chi connectivity index (χ4v) is 3.74. The average molecular weight is 472 g/mol. The predicted molar refractivity (Wildman–Crippen MR) is 142 cm³/mol. The number of aliphatic imine (C=N–C) groups is 1. The van der Waals surface area contributed by atoms with Gasteiger partial charge in [-0.3, -0.25) is 0 Å². The van der Waals surface area contributed by atoms with Gasteiger partial charge >= 0.3 is 0 Å². The lowest BCUT2D eigenvalue weighted by Gasteiger charge is -2.09. The van der Waals surface area contributed by atoms with Crippen LogP contribution in [0.25, 0.3) is 23.3 Å². The summed E-state index contributed by atoms with van der Waals surface area (Å²) in [4.78, 5) is 3.44. The molecule has 0 unspecified atom stereocenters. The Labute approximate surface area is 206 Å². The van der Waals surface area contributed by atoms with Crippen LogP contribution >= 0.6 is 12.2 Å². The molecule has 0 aliphatic carbocycles. The van der Waals surface area contributed by atoms with Crippen molar-refractivity contribution in [1.82, 2.24) is 0 Å². The number of hydrogen-bond donors (Lipinski definition) is 0. The number of halogens is 2. The van der Waals surface area contributed by atoms with Gasteiger partial charge in [0.25, 0.3) is 0 Å². The molecule has 0 saturated heterocycles. The first-order valence-corrected chi connectivity index (χ1v) is 11.9. The maximum absolute atomic E-state index is 14.1. The summed E-state index contributed by atoms with van der Waals surface area (Å²) in [6, 6.07) is 17.0. The molecule has 1 nitrogen and oxygen atoms in total. The molecule has 0 heterocycles. The van der Waals surface area contributed by atoms with E-state index in [9.17, 15) is 8.78 Å². The van der Waals surface area contributed by atoms with Crippen LogP contribution in [-0.2, 0) is 6.42 Å². The third-order valence-corrected chi connectivity index (χ3v) is 5.62. The Morgan fingerprint density at radius 2 is 1.59 bits per heavy atom. The third-order valence-electron chi connectivity index (χ3n) is 5.53. The first-order valence-electron chi connectivity index (χ1n) is 11.5. The first-order chi connectivity index (χ1) is 16.5. The van der Waals surface area contributed by atoms with Crippen molar-refractivity contribution in [3.63, 3.8) is 0 Å². The van der Waals surface area contributed by atoms with Gasteiger partial charge in [0.1, 0.15) is 5.69 Å². The number of hydrogen-bond acceptors (Lipinski definition) is 2. The van der Waals surface area contributed by atoms with Crippen molar-refractivity contribution in [1.29, 1.82) is 0 Å². The van der Waals surface area contributed by atoms with Crippen molar-refractivity contribution in [2.45, 2.75) is 46.0 Å². The molecule has 3 aromatic rings. The van der Waals surface area contributed by atoms with Gasteiger partial charge in [0.15, 0.2) is 11.6 Å². The Morgan fingerprint density at radius 1 is 0.882 bits per heavy atom. The number of nitrogens with zero attached hydrogens (tertiary/aromatic N) is 1. The maximum atomic E-state index is 14.1. The molecule has 0 saturated carbocycles. The fourth-order valence-electron chi connectivity index (χ4n) is 3.65. The van der Waals surface area contributed by atoms with Crippen LogP contribution in [0.1, 0.15) is 61.8 Å². The molecular weight excluding hydrogens is 444 g/mol. The lowest BCUT2D eigenvalue weighted by molar-refractivity contribution is 0.587. The number of thiocarbonyl (C=S) groups is 1. The molecular formula is C30H27F2NS. The Balaban J connectivity index is 1.78. The van der Waals surface area contributed by atoms with Crippen LogP contribution in [0.15, 0.2) is 59.6 Å². The quantitative estimate of drug-likeness (QED) is 0.105. The highest BCUT2D eigenvalue weighted by Gasteiger charge is 2.09. The van der Waals surface area contributed by atoms with Crippen LogP contribution in [0.2, 0.25) is 0 Å². The van der Waals surface area contributed by atoms with E-state index >= 15 is 0 Å². The molecule has 172 valence electrons. The van der Waals surface area contributed by atoms with Gasteiger partial charge in [-0.1, -0.05) is 81.0 Å². The lowest BCUT2D eigenvalue weighted by Crippen LogP contribution is -1.89. The van der Waals surface area contributed by atoms with E-state index in [4.69, 9.17) is 0 Å². The van der Waals surface area contributed by atoms with Gasteiger partial charge in [-0.25, -0.2) is 8.78 Å². The summed E-state index contributed by atoms with van der Waals surface area (Å²) in [6.45, 7) is 4.28. The van der Waals surface area contributed by atoms with E-state index in [1.165, 1.54) is 25.0 Å². The monoisotopic (exact) mass is 471 g/mol. The minimum atomic E-state index is -0.767. The van der Waals surface area contributed by atoms with Crippen LogP contribution in [0.4, 0.5) is 14.5 Å². The zero-order valence-corrected chi connectivity index (χ0v) is 20.3. The van der Waals surface area contributed by atoms with E-state index in [1.807, 2.05) is 17.3 Å². The first kappa shape index (κ1) is 25.2. The van der Waals surface area contributed by atoms with Crippen LogP contribution < -0.4 is 0 Å². The van der Waals surface area contributed by atoms with Gasteiger partial charge < -0.3 is 0 Å². The van der Waals surface area contributed by atoms with Crippen LogP contribution in [-0.4, -0.2) is 5.16 Å². The van der Waals surface area contributed by atoms with E-state index in [1.54, 1.807) is 6.08 Å². The summed E-state index contributed by atoms with van der Waals surface area (Å²) < 4.78 is 28.2. The summed E-state index contributed by atoms with van der Waals surface area (Å²) in [5, 5.41) is 2.00. The van der Waals surface area contributed by atoms with Crippen molar-refractivity contribution in [2.24, 2.45) is 4.99 Å². The zero-order chi connectivity index (χ0) is 24.3. The predicted octanol–water partition coefficient (Wildman–Crippen LogP) is 9.03. The minimum absolute atomic E-state index is 0.413. The van der Waals surface area contributed by atoms with Crippen molar-refractivity contribution in [3.8, 4) is 23.0 Å². The molecule has 0 atom stereocenters. The average Bonchev–Trinajstić information content (AvgIpc) is 2.85. The molecule has 4 heteroatoms. The second-order valence-electron chi connectivity index (χ2n) is 7.97. The molecule has 0 radical (unpaired) electrons. The zero-order valence-electron chi connectivity index (χ0n) is 19.5. The number of aryl methyl sites for hydroxylation is 1. The van der Waals surface area contributed by atoms with E-state index < -0.39 is 17.3 Å². The van der Waals surface area contributed by atoms with Crippen molar-refractivity contribution >= 4 is 35.2 Å². The normalized spacial score (nSPS) is 10.6. The van der Waals surface area contributed by atoms with Gasteiger partial charge in [-0.2, -0.15) is 4.99 Å². The minimum Gasteiger partial charge on any atom is -0.204 e. The second kappa shape index (κ2) is 12.8. The third kappa shape index (κ3) is 6.81. The Hall–Kier alpha value is -3.38. The summed E-state index contributed by atoms with van der Waals surface area (Å²) in [5.41, 5.74) is 5.42. The SMILES string of the molecule is CCCCCC#Cc1ccc(-c2ccc(/C=C/c3cc(F)c(N=C=S)c(F)c3)c(CC)c2)cc1. The number of rotatable bonds is 8. The second-order valence-corrected chi connectivity index (χ2v) is 8.16. The highest BCUT2D eigenvalue weighted by atomic mass is 32.1. The van der Waals surface area contributed by atoms with Gasteiger partial charge in [-0.05, 0) is 77.1 Å². The van der Waals surface area contributed by atoms with Crippen molar-refractivity contribution in [2.75, 3.05) is 0 Å². The molecule has 0 spiro atoms. The highest BCUT2D eigenvalue weighted by Crippen LogP contribution is 2.27. The summed E-state index contributed by atoms with van der Waals surface area (Å²) >= 11 is 4.44. The number of isothiocyanates is 1. The van der Waals surface area contributed by atoms with E-state index in [-0.39, 0.29) is 0 Å². The maximum Gasteiger partial charge on any atom is 0.153 e. The topological polar surface area (TPSA) is 12.4 Å². The Morgan fingerprint density at radius 3 is 2.24 bits per heavy atom. The van der Waals surface area contributed by atoms with E-state index in [0.29, 0.717) is 5.56 Å². The fraction of sp³-hybridized carbons (Fsp3) is 0.233. The molecule has 34 heavy (non-hydrogen) atoms. The van der Waals surface area contributed by atoms with Gasteiger partial charge in [-0.15, -0.1) is 0 Å². The van der Waals surface area contributed by atoms with E-state index in [0.717, 1.165) is 47.1 Å². The van der Waals surface area contributed by atoms with Crippen molar-refractivity contribution in [3.05, 3.63) is 88.5 Å². The standard InChI is InChI=1S/C30H27F2NS/c1-3-5-6-7-8-9-22-10-13-26(14-11-22)27-17-16-25(24(4-2)20-27)15-12-23-18-28(31)30(33-21-34)29(32)19-23/h10-20H,3-7H2,1-2H3/b15-12+. The Bertz CT molecular complexity index is 1250. The smallest absolute Gasteiger partial charge is 0.153 e. The summed E-state index contributed by atoms with van der Waals surface area (Å²) in [6.07, 6.45) is 8.92. The van der Waals surface area contributed by atoms with Gasteiger partial charge in [0.2, 0.25) is 0 Å². The lowest BCUT2D eigenvalue weighted by atomic mass is 9.96. The molecule has 0 bridgehead atoms. The molecule has 0 fully saturated rings. The molecule has 0 aliphatic heterocycles. The molecule has 0 amide bonds. The largest absolute Gasteiger partial charge is 0.204 e. The van der Waals surface area contributed by atoms with Gasteiger partial charge in [0, 0.05) is 12.0 Å². The molecule has 0 aromatic heterocycles. The molecule has 0 aliphatic rings. The van der Waals surface area contributed by atoms with Crippen LogP contribution in [0.5, 0.6) is 0 Å². The van der Waals surface area contributed by atoms with Crippen LogP contribution in [0.3, 0.4) is 0 Å². The summed E-state index contributed by atoms with van der Waals surface area (Å²) in [7, 11) is 0. The van der Waals surface area contributed by atoms with E-state index in [2.05, 4.69) is 79.3 Å². The molecule has 3 rings (SSSR count). The van der Waals surface area contributed by atoms with Gasteiger partial charge in [0.05, 0.1) is 5.16 Å². The number of unbranched alkanes of at least 4 members (excludes halogenated alkanes) is 3. The molecule has 3 aromatic carbocycles. The highest BCUT2D eigenvalue weighted by molar-refractivity contribution is 7.78. The van der Waals surface area contributed by atoms with Crippen LogP contribution in [0, 0.1) is 23.5 Å². The van der Waals surface area contributed by atoms with Crippen molar-refractivity contribution < 1.29 is 8.78 Å².